The van der Waals surface area contributed by atoms with Gasteiger partial charge >= 0.3 is 5.97 Å². The highest BCUT2D eigenvalue weighted by Crippen LogP contribution is 2.39. The smallest absolute Gasteiger partial charge is 0.319 e. The molecule has 0 saturated carbocycles. The van der Waals surface area contributed by atoms with Gasteiger partial charge in [-0.2, -0.15) is 0 Å². The molecule has 1 amide bonds. The number of Topliss-reactive ketones (excluding diaryl/α,β-unsaturated/α-hetero) is 1. The Hall–Kier alpha value is -1.67. The molecule has 12 heteroatoms. The van der Waals surface area contributed by atoms with Crippen LogP contribution in [0.3, 0.4) is 0 Å². The van der Waals surface area contributed by atoms with Crippen LogP contribution >= 0.6 is 0 Å². The molecular formula is C36H64N4O8. The molecule has 4 rings (SSSR count). The first-order valence-electron chi connectivity index (χ1n) is 18.0. The van der Waals surface area contributed by atoms with Gasteiger partial charge in [-0.25, -0.2) is 0 Å². The van der Waals surface area contributed by atoms with Crippen LogP contribution in [0.4, 0.5) is 0 Å². The third kappa shape index (κ3) is 8.44. The van der Waals surface area contributed by atoms with E-state index in [9.17, 15) is 19.5 Å². The molecule has 0 spiro atoms. The maximum atomic E-state index is 14.3. The van der Waals surface area contributed by atoms with Gasteiger partial charge in [0.1, 0.15) is 18.1 Å². The predicted molar refractivity (Wildman–Crippen MR) is 182 cm³/mol. The van der Waals surface area contributed by atoms with Gasteiger partial charge in [0.05, 0.1) is 17.8 Å². The van der Waals surface area contributed by atoms with Crippen LogP contribution < -0.4 is 0 Å². The summed E-state index contributed by atoms with van der Waals surface area (Å²) in [5.41, 5.74) is -2.41. The zero-order valence-corrected chi connectivity index (χ0v) is 31.4. The van der Waals surface area contributed by atoms with Crippen molar-refractivity contribution < 1.29 is 38.4 Å². The predicted octanol–water partition coefficient (Wildman–Crippen LogP) is 2.12. The molecule has 1 N–H and O–H groups in total. The number of carbonyl (C=O) groups excluding carboxylic acids is 3. The average Bonchev–Trinajstić information content (AvgIpc) is 3.00. The monoisotopic (exact) mass is 680 g/mol. The lowest BCUT2D eigenvalue weighted by atomic mass is 9.74. The maximum absolute atomic E-state index is 14.3. The van der Waals surface area contributed by atoms with Crippen molar-refractivity contribution in [3.8, 4) is 0 Å². The van der Waals surface area contributed by atoms with Crippen LogP contribution in [0.25, 0.3) is 0 Å². The Bertz CT molecular complexity index is 1120. The molecule has 4 aliphatic rings. The largest absolute Gasteiger partial charge is 0.463 e. The first kappa shape index (κ1) is 39.1. The van der Waals surface area contributed by atoms with Crippen molar-refractivity contribution in [1.29, 1.82) is 0 Å². The fourth-order valence-corrected chi connectivity index (χ4v) is 8.51. The summed E-state index contributed by atoms with van der Waals surface area (Å²) >= 11 is 0. The van der Waals surface area contributed by atoms with Crippen LogP contribution in [0.1, 0.15) is 67.2 Å². The molecule has 0 aromatic heterocycles. The minimum atomic E-state index is -1.46. The molecule has 0 aliphatic carbocycles. The number of piperidine rings is 1. The van der Waals surface area contributed by atoms with E-state index in [-0.39, 0.29) is 54.2 Å². The van der Waals surface area contributed by atoms with Crippen LogP contribution in [0.5, 0.6) is 0 Å². The fourth-order valence-electron chi connectivity index (χ4n) is 8.51. The Morgan fingerprint density at radius 2 is 1.65 bits per heavy atom. The van der Waals surface area contributed by atoms with Crippen molar-refractivity contribution in [2.24, 2.45) is 29.1 Å². The van der Waals surface area contributed by atoms with Gasteiger partial charge in [-0.15, -0.1) is 0 Å². The number of methoxy groups -OCH3 is 1. The maximum Gasteiger partial charge on any atom is 0.319 e. The van der Waals surface area contributed by atoms with Crippen LogP contribution in [0.15, 0.2) is 0 Å². The summed E-state index contributed by atoms with van der Waals surface area (Å²) < 4.78 is 25.0. The fraction of sp³-hybridized carbons (Fsp3) is 0.917. The molecule has 4 heterocycles. The summed E-state index contributed by atoms with van der Waals surface area (Å²) in [5, 5.41) is 11.3. The summed E-state index contributed by atoms with van der Waals surface area (Å²) in [6.07, 6.45) is 0.0504. The number of nitrogens with zero attached hydrogens (tertiary/aromatic N) is 4. The number of likely N-dealkylation sites (N-methyl/N-ethyl adjacent to an activating group) is 2. The number of aliphatic hydroxyl groups excluding tert-OH is 1. The number of hydrogen-bond acceptors (Lipinski definition) is 11. The second-order valence-corrected chi connectivity index (χ2v) is 16.4. The molecule has 276 valence electrons. The quantitative estimate of drug-likeness (QED) is 0.328. The van der Waals surface area contributed by atoms with Crippen LogP contribution in [0.2, 0.25) is 0 Å². The van der Waals surface area contributed by atoms with Gasteiger partial charge in [0, 0.05) is 56.6 Å². The molecule has 12 nitrogen and oxygen atoms in total. The Balaban J connectivity index is 1.57. The Morgan fingerprint density at radius 3 is 2.23 bits per heavy atom. The van der Waals surface area contributed by atoms with Crippen LogP contribution in [0, 0.1) is 29.1 Å². The summed E-state index contributed by atoms with van der Waals surface area (Å²) in [5.74, 6) is -1.13. The summed E-state index contributed by atoms with van der Waals surface area (Å²) in [7, 11) is 9.60. The van der Waals surface area contributed by atoms with Crippen molar-refractivity contribution in [3.63, 3.8) is 0 Å². The number of hydrogen-bond donors (Lipinski definition) is 1. The van der Waals surface area contributed by atoms with Crippen LogP contribution in [-0.2, 0) is 33.3 Å². The van der Waals surface area contributed by atoms with Gasteiger partial charge in [0.25, 0.3) is 0 Å². The molecular weight excluding hydrogens is 616 g/mol. The number of rotatable bonds is 6. The SMILES string of the molecule is CO[C@]1(C)C[C@@H](C)CN(C)C(C2CN(C(=O)C3CCN(C)CC3)C2)COC(=O)C(C)(C)C(=O)[C@H](C)[C@H]1O[C@@H]1O[C@H](C)C[C@H](N(C)C)[C@H]1O. The third-order valence-electron chi connectivity index (χ3n) is 11.8. The second-order valence-electron chi connectivity index (χ2n) is 16.4. The molecule has 48 heavy (non-hydrogen) atoms. The Morgan fingerprint density at radius 1 is 1.02 bits per heavy atom. The third-order valence-corrected chi connectivity index (χ3v) is 11.8. The van der Waals surface area contributed by atoms with Gasteiger partial charge in [-0.1, -0.05) is 13.8 Å². The second kappa shape index (κ2) is 15.7. The molecule has 0 radical (unpaired) electrons. The number of aliphatic hydroxyl groups is 1. The lowest BCUT2D eigenvalue weighted by Gasteiger charge is -2.48. The van der Waals surface area contributed by atoms with Gasteiger partial charge in [0.2, 0.25) is 5.91 Å². The number of ether oxygens (including phenoxy) is 4. The molecule has 4 saturated heterocycles. The zero-order chi connectivity index (χ0) is 35.7. The van der Waals surface area contributed by atoms with E-state index >= 15 is 0 Å². The van der Waals surface area contributed by atoms with Gasteiger partial charge in [-0.3, -0.25) is 19.3 Å². The highest BCUT2D eigenvalue weighted by Gasteiger charge is 2.52. The number of likely N-dealkylation sites (tertiary alicyclic amines) is 2. The summed E-state index contributed by atoms with van der Waals surface area (Å²) in [6, 6.07) is -0.301. The standard InChI is InChI=1S/C36H64N4O8/c1-22-17-36(6,45-11)31(48-33-29(41)27(37(7)8)16-23(2)47-33)24(3)30(42)35(4,5)34(44)46-21-28(39(10)18-22)26-19-40(20-26)32(43)25-12-14-38(9)15-13-25/h22-29,31,33,41H,12-21H2,1-11H3/t22-,23-,24+,27+,28?,29-,31-,33+,36-/m1/s1. The molecule has 0 aromatic carbocycles. The Kier molecular flexibility index (Phi) is 12.8. The van der Waals surface area contributed by atoms with Gasteiger partial charge < -0.3 is 38.8 Å². The summed E-state index contributed by atoms with van der Waals surface area (Å²) in [6.45, 7) is 15.0. The minimum Gasteiger partial charge on any atom is -0.463 e. The first-order valence-corrected chi connectivity index (χ1v) is 18.0. The number of amides is 1. The zero-order valence-electron chi connectivity index (χ0n) is 31.4. The molecule has 4 fully saturated rings. The number of carbonyl (C=O) groups is 3. The highest BCUT2D eigenvalue weighted by molar-refractivity contribution is 6.04. The lowest BCUT2D eigenvalue weighted by molar-refractivity contribution is -0.295. The molecule has 0 bridgehead atoms. The van der Waals surface area contributed by atoms with E-state index in [1.165, 1.54) is 0 Å². The minimum absolute atomic E-state index is 0.0746. The van der Waals surface area contributed by atoms with Crippen molar-refractivity contribution >= 4 is 17.7 Å². The molecule has 4 aliphatic heterocycles. The lowest BCUT2D eigenvalue weighted by Crippen LogP contribution is -2.61. The van der Waals surface area contributed by atoms with E-state index in [2.05, 4.69) is 23.8 Å². The first-order chi connectivity index (χ1) is 22.4. The molecule has 1 unspecified atom stereocenters. The van der Waals surface area contributed by atoms with Crippen LogP contribution in [-0.4, -0.2) is 159 Å². The Labute approximate surface area is 288 Å². The van der Waals surface area contributed by atoms with E-state index < -0.39 is 41.4 Å². The summed E-state index contributed by atoms with van der Waals surface area (Å²) in [4.78, 5) is 49.7. The van der Waals surface area contributed by atoms with E-state index in [1.807, 2.05) is 44.8 Å². The number of ketones is 1. The molecule has 9 atom stereocenters. The van der Waals surface area contributed by atoms with Crippen molar-refractivity contribution in [1.82, 2.24) is 19.6 Å². The van der Waals surface area contributed by atoms with E-state index in [4.69, 9.17) is 18.9 Å². The normalized spacial score (nSPS) is 38.9. The number of cyclic esters (lactones) is 1. The number of esters is 1. The van der Waals surface area contributed by atoms with E-state index in [0.717, 1.165) is 25.9 Å². The van der Waals surface area contributed by atoms with Gasteiger partial charge in [-0.05, 0) is 101 Å². The highest BCUT2D eigenvalue weighted by atomic mass is 16.7. The van der Waals surface area contributed by atoms with Crippen molar-refractivity contribution in [2.75, 3.05) is 74.6 Å². The van der Waals surface area contributed by atoms with E-state index in [0.29, 0.717) is 32.5 Å². The molecule has 0 aromatic rings. The average molecular weight is 681 g/mol. The topological polar surface area (TPSA) is 121 Å². The van der Waals surface area contributed by atoms with Gasteiger partial charge in [0.15, 0.2) is 12.1 Å². The van der Waals surface area contributed by atoms with Crippen molar-refractivity contribution in [3.05, 3.63) is 0 Å². The van der Waals surface area contributed by atoms with Crippen molar-refractivity contribution in [2.45, 2.75) is 110 Å². The van der Waals surface area contributed by atoms with E-state index in [1.54, 1.807) is 27.9 Å².